The van der Waals surface area contributed by atoms with Crippen molar-refractivity contribution in [1.82, 2.24) is 4.98 Å². The fourth-order valence-electron chi connectivity index (χ4n) is 6.12. The Bertz CT molecular complexity index is 1560. The van der Waals surface area contributed by atoms with Crippen molar-refractivity contribution in [2.45, 2.75) is 65.2 Å². The Labute approximate surface area is 216 Å². The Balaban J connectivity index is 1.56. The smallest absolute Gasteiger partial charge is 0.346 e. The van der Waals surface area contributed by atoms with Gasteiger partial charge in [0.25, 0.3) is 0 Å². The molecular formula is C30H35N3O2S. The monoisotopic (exact) mass is 501 g/mol. The van der Waals surface area contributed by atoms with Gasteiger partial charge in [-0.25, -0.2) is 9.78 Å². The van der Waals surface area contributed by atoms with Crippen LogP contribution in [0.3, 0.4) is 0 Å². The van der Waals surface area contributed by atoms with Crippen molar-refractivity contribution >= 4 is 43.9 Å². The third kappa shape index (κ3) is 3.48. The van der Waals surface area contributed by atoms with Crippen molar-refractivity contribution in [3.05, 3.63) is 51.9 Å². The van der Waals surface area contributed by atoms with E-state index in [0.717, 1.165) is 70.9 Å². The zero-order chi connectivity index (χ0) is 25.4. The average Bonchev–Trinajstić information content (AvgIpc) is 3.26. The van der Waals surface area contributed by atoms with E-state index in [1.165, 1.54) is 16.8 Å². The summed E-state index contributed by atoms with van der Waals surface area (Å²) in [6.45, 7) is 17.6. The highest BCUT2D eigenvalue weighted by Gasteiger charge is 2.42. The van der Waals surface area contributed by atoms with E-state index >= 15 is 0 Å². The van der Waals surface area contributed by atoms with Gasteiger partial charge in [-0.15, -0.1) is 11.3 Å². The van der Waals surface area contributed by atoms with Crippen LogP contribution in [0.5, 0.6) is 0 Å². The van der Waals surface area contributed by atoms with Crippen LogP contribution in [-0.2, 0) is 10.8 Å². The van der Waals surface area contributed by atoms with Gasteiger partial charge in [-0.05, 0) is 73.4 Å². The van der Waals surface area contributed by atoms with E-state index in [1.54, 1.807) is 11.3 Å². The van der Waals surface area contributed by atoms with Gasteiger partial charge < -0.3 is 14.2 Å². The zero-order valence-electron chi connectivity index (χ0n) is 22.2. The highest BCUT2D eigenvalue weighted by Crippen LogP contribution is 2.51. The second kappa shape index (κ2) is 8.07. The highest BCUT2D eigenvalue weighted by molar-refractivity contribution is 7.21. The number of hydrogen-bond acceptors (Lipinski definition) is 6. The Kier molecular flexibility index (Phi) is 5.28. The number of hydrogen-bond donors (Lipinski definition) is 0. The van der Waals surface area contributed by atoms with Crippen LogP contribution >= 0.6 is 11.3 Å². The van der Waals surface area contributed by atoms with Crippen LogP contribution in [0.1, 0.15) is 65.5 Å². The first-order chi connectivity index (χ1) is 17.1. The van der Waals surface area contributed by atoms with E-state index in [2.05, 4.69) is 75.6 Å². The molecule has 0 saturated carbocycles. The van der Waals surface area contributed by atoms with Crippen LogP contribution < -0.4 is 15.4 Å². The summed E-state index contributed by atoms with van der Waals surface area (Å²) in [5.41, 5.74) is 6.99. The lowest BCUT2D eigenvalue weighted by Gasteiger charge is -2.48. The molecule has 0 amide bonds. The summed E-state index contributed by atoms with van der Waals surface area (Å²) in [5.74, 6) is 0. The number of nitrogens with zero attached hydrogens (tertiary/aromatic N) is 3. The summed E-state index contributed by atoms with van der Waals surface area (Å²) in [7, 11) is 0. The van der Waals surface area contributed by atoms with Crippen molar-refractivity contribution in [3.63, 3.8) is 0 Å². The lowest BCUT2D eigenvalue weighted by atomic mass is 9.69. The third-order valence-electron chi connectivity index (χ3n) is 8.46. The Hall–Kier alpha value is -2.86. The summed E-state index contributed by atoms with van der Waals surface area (Å²) < 4.78 is 7.27. The lowest BCUT2D eigenvalue weighted by molar-refractivity contribution is 0.398. The normalized spacial score (nSPS) is 18.0. The molecule has 4 heterocycles. The maximum absolute atomic E-state index is 13.4. The van der Waals surface area contributed by atoms with Gasteiger partial charge in [-0.3, -0.25) is 0 Å². The molecule has 6 rings (SSSR count). The minimum atomic E-state index is -0.301. The molecule has 2 aromatic heterocycles. The second-order valence-electron chi connectivity index (χ2n) is 11.6. The molecule has 36 heavy (non-hydrogen) atoms. The van der Waals surface area contributed by atoms with Gasteiger partial charge in [0.2, 0.25) is 0 Å². The van der Waals surface area contributed by atoms with Crippen LogP contribution in [0, 0.1) is 0 Å². The lowest BCUT2D eigenvalue weighted by Crippen LogP contribution is -2.44. The molecule has 4 aromatic rings. The Morgan fingerprint density at radius 2 is 1.75 bits per heavy atom. The first kappa shape index (κ1) is 23.5. The van der Waals surface area contributed by atoms with Crippen molar-refractivity contribution in [2.24, 2.45) is 0 Å². The van der Waals surface area contributed by atoms with Gasteiger partial charge in [0.1, 0.15) is 10.6 Å². The van der Waals surface area contributed by atoms with E-state index in [4.69, 9.17) is 9.40 Å². The fraction of sp³-hybridized carbons (Fsp3) is 0.467. The molecule has 6 heteroatoms. The first-order valence-corrected chi connectivity index (χ1v) is 14.0. The van der Waals surface area contributed by atoms with Crippen LogP contribution in [-0.4, -0.2) is 31.2 Å². The summed E-state index contributed by atoms with van der Waals surface area (Å²) in [5, 5.41) is 1.73. The van der Waals surface area contributed by atoms with E-state index in [1.807, 2.05) is 6.07 Å². The molecule has 2 aromatic carbocycles. The third-order valence-corrected chi connectivity index (χ3v) is 9.53. The number of aromatic nitrogens is 1. The zero-order valence-corrected chi connectivity index (χ0v) is 23.0. The standard InChI is InChI=1S/C30H35N3O2S/c1-7-32(8-2)19-9-10-23-22(17-19)31-27(36-23)20-15-18-16-21-25-24(26(18)35-28(20)34)30(5,6)12-14-33(25)13-11-29(21,3)4/h9-10,15-17H,7-8,11-14H2,1-6H3. The molecule has 0 unspecified atom stereocenters. The molecule has 0 atom stereocenters. The molecule has 2 aliphatic heterocycles. The number of thiazole rings is 1. The second-order valence-corrected chi connectivity index (χ2v) is 12.6. The highest BCUT2D eigenvalue weighted by atomic mass is 32.1. The Morgan fingerprint density at radius 1 is 1.03 bits per heavy atom. The van der Waals surface area contributed by atoms with Gasteiger partial charge >= 0.3 is 5.63 Å². The molecule has 0 saturated heterocycles. The van der Waals surface area contributed by atoms with Crippen LogP contribution in [0.2, 0.25) is 0 Å². The predicted octanol–water partition coefficient (Wildman–Crippen LogP) is 7.08. The molecule has 0 fully saturated rings. The first-order valence-electron chi connectivity index (χ1n) is 13.2. The Morgan fingerprint density at radius 3 is 2.47 bits per heavy atom. The van der Waals surface area contributed by atoms with Crippen LogP contribution in [0.25, 0.3) is 31.8 Å². The van der Waals surface area contributed by atoms with E-state index < -0.39 is 0 Å². The number of benzene rings is 2. The largest absolute Gasteiger partial charge is 0.422 e. The number of rotatable bonds is 4. The molecule has 0 bridgehead atoms. The number of anilines is 2. The predicted molar refractivity (Wildman–Crippen MR) is 152 cm³/mol. The molecule has 0 N–H and O–H groups in total. The topological polar surface area (TPSA) is 49.6 Å². The maximum atomic E-state index is 13.4. The van der Waals surface area contributed by atoms with Crippen molar-refractivity contribution < 1.29 is 4.42 Å². The van der Waals surface area contributed by atoms with E-state index in [9.17, 15) is 4.79 Å². The van der Waals surface area contributed by atoms with Crippen LogP contribution in [0.4, 0.5) is 11.4 Å². The molecule has 188 valence electrons. The van der Waals surface area contributed by atoms with Crippen LogP contribution in [0.15, 0.2) is 39.5 Å². The quantitative estimate of drug-likeness (QED) is 0.280. The van der Waals surface area contributed by atoms with Gasteiger partial charge in [0, 0.05) is 48.5 Å². The van der Waals surface area contributed by atoms with Crippen molar-refractivity contribution in [3.8, 4) is 10.6 Å². The van der Waals surface area contributed by atoms with E-state index in [0.29, 0.717) is 5.56 Å². The van der Waals surface area contributed by atoms with Gasteiger partial charge in [0.15, 0.2) is 0 Å². The van der Waals surface area contributed by atoms with E-state index in [-0.39, 0.29) is 16.5 Å². The molecule has 0 radical (unpaired) electrons. The molecule has 0 aliphatic carbocycles. The molecule has 2 aliphatic rings. The minimum absolute atomic E-state index is 0.0539. The summed E-state index contributed by atoms with van der Waals surface area (Å²) in [6.07, 6.45) is 2.18. The molecular weight excluding hydrogens is 466 g/mol. The molecule has 0 spiro atoms. The summed E-state index contributed by atoms with van der Waals surface area (Å²) in [4.78, 5) is 23.1. The fourth-order valence-corrected chi connectivity index (χ4v) is 7.07. The minimum Gasteiger partial charge on any atom is -0.422 e. The maximum Gasteiger partial charge on any atom is 0.346 e. The van der Waals surface area contributed by atoms with Crippen molar-refractivity contribution in [2.75, 3.05) is 36.0 Å². The number of fused-ring (bicyclic) bond motifs is 3. The van der Waals surface area contributed by atoms with Crippen molar-refractivity contribution in [1.29, 1.82) is 0 Å². The average molecular weight is 502 g/mol. The summed E-state index contributed by atoms with van der Waals surface area (Å²) >= 11 is 1.56. The van der Waals surface area contributed by atoms with Gasteiger partial charge in [-0.1, -0.05) is 27.7 Å². The molecule has 5 nitrogen and oxygen atoms in total. The van der Waals surface area contributed by atoms with Gasteiger partial charge in [-0.2, -0.15) is 0 Å². The summed E-state index contributed by atoms with van der Waals surface area (Å²) in [6, 6.07) is 10.7. The SMILES string of the molecule is CCN(CC)c1ccc2sc(-c3cc4cc5c6c(c4oc3=O)C(C)(C)CCN6CCC5(C)C)nc2c1. The van der Waals surface area contributed by atoms with Gasteiger partial charge in [0.05, 0.1) is 15.8 Å².